The molecule has 1 amide bonds. The first-order valence-electron chi connectivity index (χ1n) is 8.79. The molecule has 27 heavy (non-hydrogen) atoms. The van der Waals surface area contributed by atoms with Gasteiger partial charge in [-0.25, -0.2) is 9.67 Å². The van der Waals surface area contributed by atoms with Crippen molar-refractivity contribution in [3.63, 3.8) is 0 Å². The number of pyridine rings is 1. The lowest BCUT2D eigenvalue weighted by atomic mass is 10.0. The molecular weight excluding hydrogens is 346 g/mol. The molecule has 1 fully saturated rings. The van der Waals surface area contributed by atoms with Gasteiger partial charge in [0.25, 0.3) is 5.56 Å². The van der Waals surface area contributed by atoms with Crippen molar-refractivity contribution in [2.24, 2.45) is 7.05 Å². The minimum Gasteiger partial charge on any atom is -0.379 e. The normalized spacial score (nSPS) is 19.5. The molecule has 3 aromatic heterocycles. The molecule has 0 aromatic carbocycles. The summed E-state index contributed by atoms with van der Waals surface area (Å²) in [4.78, 5) is 28.1. The van der Waals surface area contributed by atoms with E-state index in [0.29, 0.717) is 24.7 Å². The van der Waals surface area contributed by atoms with Gasteiger partial charge < -0.3 is 14.6 Å². The van der Waals surface area contributed by atoms with Crippen LogP contribution in [0.1, 0.15) is 20.3 Å². The molecule has 0 aliphatic carbocycles. The number of hydrogen-bond acceptors (Lipinski definition) is 5. The summed E-state index contributed by atoms with van der Waals surface area (Å²) in [5.74, 6) is 0.298. The Labute approximate surface area is 155 Å². The van der Waals surface area contributed by atoms with Crippen LogP contribution in [0.3, 0.4) is 0 Å². The van der Waals surface area contributed by atoms with Crippen LogP contribution < -0.4 is 10.9 Å². The second-order valence-electron chi connectivity index (χ2n) is 7.19. The lowest BCUT2D eigenvalue weighted by molar-refractivity contribution is -0.114. The van der Waals surface area contributed by atoms with Gasteiger partial charge >= 0.3 is 0 Å². The molecule has 1 aliphatic heterocycles. The molecule has 1 aliphatic rings. The van der Waals surface area contributed by atoms with Crippen LogP contribution >= 0.6 is 0 Å². The Kier molecular flexibility index (Phi) is 4.07. The number of ether oxygens (including phenoxy) is 1. The van der Waals surface area contributed by atoms with Gasteiger partial charge in [0.1, 0.15) is 5.82 Å². The maximum Gasteiger partial charge on any atom is 0.267 e. The summed E-state index contributed by atoms with van der Waals surface area (Å²) in [6.07, 6.45) is 4.41. The number of nitrogens with one attached hydrogen (secondary N) is 1. The highest BCUT2D eigenvalue weighted by Crippen LogP contribution is 2.31. The van der Waals surface area contributed by atoms with Crippen LogP contribution in [0.2, 0.25) is 0 Å². The maximum atomic E-state index is 12.4. The molecule has 1 saturated heterocycles. The molecule has 8 heteroatoms. The number of rotatable bonds is 3. The van der Waals surface area contributed by atoms with Gasteiger partial charge in [0.05, 0.1) is 29.6 Å². The molecule has 0 bridgehead atoms. The standard InChI is InChI=1S/C19H21N5O3/c1-12(25)21-17-8-13-14(10-23(3)16(13)9-20-17)15-4-5-18(26)24(22-15)19(2)6-7-27-11-19/h4-5,8-10H,6-7,11H2,1-3H3,(H,20,21,25). The molecule has 1 N–H and O–H groups in total. The van der Waals surface area contributed by atoms with Crippen LogP contribution in [0.15, 0.2) is 35.4 Å². The van der Waals surface area contributed by atoms with Crippen molar-refractivity contribution in [1.29, 1.82) is 0 Å². The van der Waals surface area contributed by atoms with E-state index >= 15 is 0 Å². The van der Waals surface area contributed by atoms with Crippen molar-refractivity contribution in [2.75, 3.05) is 18.5 Å². The quantitative estimate of drug-likeness (QED) is 0.763. The molecule has 140 valence electrons. The molecule has 0 spiro atoms. The minimum atomic E-state index is -0.444. The van der Waals surface area contributed by atoms with Gasteiger partial charge in [0.15, 0.2) is 0 Å². The van der Waals surface area contributed by atoms with Crippen molar-refractivity contribution < 1.29 is 9.53 Å². The molecular formula is C19H21N5O3. The average Bonchev–Trinajstić information content (AvgIpc) is 3.20. The summed E-state index contributed by atoms with van der Waals surface area (Å²) in [6, 6.07) is 5.09. The molecule has 4 heterocycles. The molecule has 0 saturated carbocycles. The fourth-order valence-corrected chi connectivity index (χ4v) is 3.50. The third kappa shape index (κ3) is 3.02. The summed E-state index contributed by atoms with van der Waals surface area (Å²) in [5.41, 5.74) is 1.88. The van der Waals surface area contributed by atoms with Crippen LogP contribution in [0.5, 0.6) is 0 Å². The number of aryl methyl sites for hydroxylation is 1. The summed E-state index contributed by atoms with van der Waals surface area (Å²) in [5, 5.41) is 8.26. The predicted octanol–water partition coefficient (Wildman–Crippen LogP) is 1.89. The highest BCUT2D eigenvalue weighted by atomic mass is 16.5. The van der Waals surface area contributed by atoms with Crippen LogP contribution in [0.4, 0.5) is 5.82 Å². The zero-order valence-electron chi connectivity index (χ0n) is 15.5. The van der Waals surface area contributed by atoms with E-state index in [0.717, 1.165) is 22.9 Å². The Morgan fingerprint density at radius 3 is 2.89 bits per heavy atom. The third-order valence-electron chi connectivity index (χ3n) is 4.97. The van der Waals surface area contributed by atoms with E-state index in [-0.39, 0.29) is 11.5 Å². The van der Waals surface area contributed by atoms with Crippen LogP contribution in [-0.2, 0) is 22.1 Å². The second kappa shape index (κ2) is 6.31. The number of carbonyl (C=O) groups is 1. The second-order valence-corrected chi connectivity index (χ2v) is 7.19. The van der Waals surface area contributed by atoms with Crippen molar-refractivity contribution in [3.05, 3.63) is 40.9 Å². The highest BCUT2D eigenvalue weighted by Gasteiger charge is 2.34. The van der Waals surface area contributed by atoms with Gasteiger partial charge in [-0.05, 0) is 25.5 Å². The number of carbonyl (C=O) groups excluding carboxylic acids is 1. The van der Waals surface area contributed by atoms with Crippen molar-refractivity contribution in [1.82, 2.24) is 19.3 Å². The average molecular weight is 367 g/mol. The van der Waals surface area contributed by atoms with Crippen molar-refractivity contribution in [3.8, 4) is 11.3 Å². The number of aromatic nitrogens is 4. The Balaban J connectivity index is 1.87. The first-order chi connectivity index (χ1) is 12.9. The summed E-state index contributed by atoms with van der Waals surface area (Å²) in [6.45, 7) is 4.52. The summed E-state index contributed by atoms with van der Waals surface area (Å²) in [7, 11) is 1.92. The highest BCUT2D eigenvalue weighted by molar-refractivity contribution is 5.98. The van der Waals surface area contributed by atoms with E-state index in [1.807, 2.05) is 30.8 Å². The zero-order valence-corrected chi connectivity index (χ0v) is 15.5. The van der Waals surface area contributed by atoms with Gasteiger partial charge in [0.2, 0.25) is 5.91 Å². The minimum absolute atomic E-state index is 0.146. The fraction of sp³-hybridized carbons (Fsp3) is 0.368. The molecule has 3 aromatic rings. The van der Waals surface area contributed by atoms with Crippen LogP contribution in [-0.4, -0.2) is 38.5 Å². The van der Waals surface area contributed by atoms with E-state index in [1.54, 1.807) is 18.3 Å². The first-order valence-corrected chi connectivity index (χ1v) is 8.79. The smallest absolute Gasteiger partial charge is 0.267 e. The van der Waals surface area contributed by atoms with Gasteiger partial charge in [-0.2, -0.15) is 5.10 Å². The Hall–Kier alpha value is -3.00. The largest absolute Gasteiger partial charge is 0.379 e. The fourth-order valence-electron chi connectivity index (χ4n) is 3.50. The molecule has 1 unspecified atom stereocenters. The van der Waals surface area contributed by atoms with Gasteiger partial charge in [0, 0.05) is 43.8 Å². The topological polar surface area (TPSA) is 91.0 Å². The van der Waals surface area contributed by atoms with E-state index in [2.05, 4.69) is 15.4 Å². The van der Waals surface area contributed by atoms with E-state index in [1.165, 1.54) is 11.6 Å². The number of fused-ring (bicyclic) bond motifs is 1. The number of amides is 1. The summed E-state index contributed by atoms with van der Waals surface area (Å²) < 4.78 is 8.97. The Morgan fingerprint density at radius 1 is 1.37 bits per heavy atom. The van der Waals surface area contributed by atoms with E-state index in [9.17, 15) is 9.59 Å². The number of anilines is 1. The van der Waals surface area contributed by atoms with Crippen LogP contribution in [0, 0.1) is 0 Å². The Bertz CT molecular complexity index is 1090. The Morgan fingerprint density at radius 2 is 2.19 bits per heavy atom. The monoisotopic (exact) mass is 367 g/mol. The van der Waals surface area contributed by atoms with Gasteiger partial charge in [-0.1, -0.05) is 0 Å². The zero-order chi connectivity index (χ0) is 19.2. The predicted molar refractivity (Wildman–Crippen MR) is 102 cm³/mol. The van der Waals surface area contributed by atoms with E-state index < -0.39 is 5.54 Å². The SMILES string of the molecule is CC(=O)Nc1cc2c(-c3ccc(=O)n(C4(C)CCOC4)n3)cn(C)c2cn1. The molecule has 0 radical (unpaired) electrons. The van der Waals surface area contributed by atoms with Crippen molar-refractivity contribution >= 4 is 22.6 Å². The molecule has 8 nitrogen and oxygen atoms in total. The van der Waals surface area contributed by atoms with Gasteiger partial charge in [-0.15, -0.1) is 0 Å². The first kappa shape index (κ1) is 17.4. The third-order valence-corrected chi connectivity index (χ3v) is 4.97. The van der Waals surface area contributed by atoms with Crippen molar-refractivity contribution in [2.45, 2.75) is 25.8 Å². The lowest BCUT2D eigenvalue weighted by Gasteiger charge is -2.23. The van der Waals surface area contributed by atoms with E-state index in [4.69, 9.17) is 4.74 Å². The number of nitrogens with zero attached hydrogens (tertiary/aromatic N) is 4. The molecule has 1 atom stereocenters. The molecule has 4 rings (SSSR count). The maximum absolute atomic E-state index is 12.4. The lowest BCUT2D eigenvalue weighted by Crippen LogP contribution is -2.40. The summed E-state index contributed by atoms with van der Waals surface area (Å²) >= 11 is 0. The van der Waals surface area contributed by atoms with Crippen LogP contribution in [0.25, 0.3) is 22.2 Å². The number of hydrogen-bond donors (Lipinski definition) is 1. The van der Waals surface area contributed by atoms with Gasteiger partial charge in [-0.3, -0.25) is 9.59 Å².